The molecule has 0 amide bonds. The van der Waals surface area contributed by atoms with Crippen LogP contribution >= 0.6 is 0 Å². The molecule has 0 aliphatic heterocycles. The van der Waals surface area contributed by atoms with E-state index in [1.165, 1.54) is 18.3 Å². The summed E-state index contributed by atoms with van der Waals surface area (Å²) in [4.78, 5) is 0. The van der Waals surface area contributed by atoms with Crippen LogP contribution in [0, 0.1) is 0 Å². The van der Waals surface area contributed by atoms with Crippen LogP contribution in [-0.4, -0.2) is 5.16 Å². The van der Waals surface area contributed by atoms with Gasteiger partial charge in [0, 0.05) is 0 Å². The topological polar surface area (TPSA) is 52.0 Å². The van der Waals surface area contributed by atoms with Crippen LogP contribution in [0.15, 0.2) is 35.0 Å². The quantitative estimate of drug-likeness (QED) is 0.816. The van der Waals surface area contributed by atoms with Crippen molar-refractivity contribution in [3.8, 4) is 11.1 Å². The largest absolute Gasteiger partial charge is 0.416 e. The van der Waals surface area contributed by atoms with Crippen molar-refractivity contribution in [3.05, 3.63) is 36.0 Å². The minimum absolute atomic E-state index is 0.0831. The first-order valence-corrected chi connectivity index (χ1v) is 4.36. The number of hydrogen-bond donors (Lipinski definition) is 1. The van der Waals surface area contributed by atoms with Crippen LogP contribution in [0.2, 0.25) is 0 Å². The molecule has 0 saturated carbocycles. The third-order valence-electron chi connectivity index (χ3n) is 2.12. The fraction of sp³-hybridized carbons (Fsp3) is 0.100. The van der Waals surface area contributed by atoms with Crippen molar-refractivity contribution in [1.82, 2.24) is 5.16 Å². The Bertz CT molecular complexity index is 488. The smallest absolute Gasteiger partial charge is 0.367 e. The summed E-state index contributed by atoms with van der Waals surface area (Å²) in [6.07, 6.45) is -2.98. The molecule has 1 heterocycles. The number of nitrogen functional groups attached to an aromatic ring is 1. The lowest BCUT2D eigenvalue weighted by Crippen LogP contribution is -2.04. The highest BCUT2D eigenvalue weighted by Crippen LogP contribution is 2.32. The highest BCUT2D eigenvalue weighted by Gasteiger charge is 2.30. The summed E-state index contributed by atoms with van der Waals surface area (Å²) in [5.41, 5.74) is 5.76. The molecule has 0 aliphatic carbocycles. The Morgan fingerprint density at radius 1 is 1.12 bits per heavy atom. The maximum absolute atomic E-state index is 12.3. The molecule has 84 valence electrons. The number of alkyl halides is 3. The molecule has 6 heteroatoms. The van der Waals surface area contributed by atoms with Gasteiger partial charge >= 0.3 is 6.18 Å². The van der Waals surface area contributed by atoms with Gasteiger partial charge in [0.15, 0.2) is 0 Å². The number of nitrogens with zero attached hydrogens (tertiary/aromatic N) is 1. The maximum atomic E-state index is 12.3. The second-order valence-corrected chi connectivity index (χ2v) is 3.18. The standard InChI is InChI=1S/C10H7F3N2O/c11-10(12,13)7-3-1-6(2-4-7)8-5-15-16-9(8)14/h1-5H,14H2. The van der Waals surface area contributed by atoms with Gasteiger partial charge in [-0.3, -0.25) is 0 Å². The van der Waals surface area contributed by atoms with Crippen molar-refractivity contribution in [3.63, 3.8) is 0 Å². The van der Waals surface area contributed by atoms with Crippen molar-refractivity contribution in [2.24, 2.45) is 0 Å². The molecule has 0 fully saturated rings. The molecule has 0 aliphatic rings. The van der Waals surface area contributed by atoms with Crippen LogP contribution in [0.1, 0.15) is 5.56 Å². The average Bonchev–Trinajstić information content (AvgIpc) is 2.63. The zero-order valence-electron chi connectivity index (χ0n) is 7.95. The number of anilines is 1. The Labute approximate surface area is 88.7 Å². The van der Waals surface area contributed by atoms with Crippen LogP contribution in [-0.2, 0) is 6.18 Å². The monoisotopic (exact) mass is 228 g/mol. The van der Waals surface area contributed by atoms with Gasteiger partial charge in [-0.05, 0) is 17.7 Å². The summed E-state index contributed by atoms with van der Waals surface area (Å²) in [6.45, 7) is 0. The molecule has 0 saturated heterocycles. The second-order valence-electron chi connectivity index (χ2n) is 3.18. The van der Waals surface area contributed by atoms with Crippen molar-refractivity contribution in [2.45, 2.75) is 6.18 Å². The van der Waals surface area contributed by atoms with Gasteiger partial charge in [0.1, 0.15) is 0 Å². The lowest BCUT2D eigenvalue weighted by molar-refractivity contribution is -0.137. The Morgan fingerprint density at radius 3 is 2.19 bits per heavy atom. The lowest BCUT2D eigenvalue weighted by atomic mass is 10.1. The van der Waals surface area contributed by atoms with Crippen LogP contribution in [0.4, 0.5) is 19.1 Å². The van der Waals surface area contributed by atoms with Gasteiger partial charge in [0.05, 0.1) is 17.3 Å². The van der Waals surface area contributed by atoms with Crippen LogP contribution < -0.4 is 5.73 Å². The highest BCUT2D eigenvalue weighted by molar-refractivity contribution is 5.71. The summed E-state index contributed by atoms with van der Waals surface area (Å²) >= 11 is 0. The predicted octanol–water partition coefficient (Wildman–Crippen LogP) is 2.94. The van der Waals surface area contributed by atoms with E-state index in [0.717, 1.165) is 12.1 Å². The molecule has 2 aromatic rings. The fourth-order valence-corrected chi connectivity index (χ4v) is 1.30. The molecule has 0 radical (unpaired) electrons. The van der Waals surface area contributed by atoms with E-state index in [1.807, 2.05) is 0 Å². The Kier molecular flexibility index (Phi) is 2.34. The summed E-state index contributed by atoms with van der Waals surface area (Å²) < 4.78 is 41.5. The summed E-state index contributed by atoms with van der Waals surface area (Å²) in [5, 5.41) is 3.45. The zero-order chi connectivity index (χ0) is 11.8. The molecule has 2 N–H and O–H groups in total. The Hall–Kier alpha value is -1.98. The van der Waals surface area contributed by atoms with Gasteiger partial charge < -0.3 is 10.3 Å². The predicted molar refractivity (Wildman–Crippen MR) is 51.4 cm³/mol. The van der Waals surface area contributed by atoms with Crippen LogP contribution in [0.5, 0.6) is 0 Å². The summed E-state index contributed by atoms with van der Waals surface area (Å²) in [5.74, 6) is 0.0831. The van der Waals surface area contributed by atoms with E-state index in [9.17, 15) is 13.2 Å². The van der Waals surface area contributed by atoms with Gasteiger partial charge in [0.2, 0.25) is 5.88 Å². The SMILES string of the molecule is Nc1oncc1-c1ccc(C(F)(F)F)cc1. The number of rotatable bonds is 1. The summed E-state index contributed by atoms with van der Waals surface area (Å²) in [6, 6.07) is 4.63. The first kappa shape index (κ1) is 10.5. The molecule has 0 unspecified atom stereocenters. The molecular weight excluding hydrogens is 221 g/mol. The molecule has 0 spiro atoms. The number of hydrogen-bond acceptors (Lipinski definition) is 3. The minimum Gasteiger partial charge on any atom is -0.367 e. The molecule has 2 rings (SSSR count). The van der Waals surface area contributed by atoms with E-state index in [-0.39, 0.29) is 5.88 Å². The number of halogens is 3. The number of benzene rings is 1. The van der Waals surface area contributed by atoms with E-state index < -0.39 is 11.7 Å². The van der Waals surface area contributed by atoms with Crippen molar-refractivity contribution in [1.29, 1.82) is 0 Å². The molecule has 1 aromatic carbocycles. The molecule has 1 aromatic heterocycles. The number of aromatic nitrogens is 1. The van der Waals surface area contributed by atoms with Crippen LogP contribution in [0.3, 0.4) is 0 Å². The third kappa shape index (κ3) is 1.86. The molecule has 3 nitrogen and oxygen atoms in total. The molecule has 16 heavy (non-hydrogen) atoms. The van der Waals surface area contributed by atoms with Crippen LogP contribution in [0.25, 0.3) is 11.1 Å². The lowest BCUT2D eigenvalue weighted by Gasteiger charge is -2.06. The van der Waals surface area contributed by atoms with E-state index in [1.54, 1.807) is 0 Å². The molecular formula is C10H7F3N2O. The van der Waals surface area contributed by atoms with Crippen molar-refractivity contribution in [2.75, 3.05) is 5.73 Å². The van der Waals surface area contributed by atoms with Gasteiger partial charge in [-0.25, -0.2) is 0 Å². The van der Waals surface area contributed by atoms with E-state index >= 15 is 0 Å². The Balaban J connectivity index is 2.37. The van der Waals surface area contributed by atoms with E-state index in [4.69, 9.17) is 5.73 Å². The maximum Gasteiger partial charge on any atom is 0.416 e. The average molecular weight is 228 g/mol. The Morgan fingerprint density at radius 2 is 1.75 bits per heavy atom. The minimum atomic E-state index is -4.33. The van der Waals surface area contributed by atoms with Gasteiger partial charge in [-0.2, -0.15) is 13.2 Å². The third-order valence-corrected chi connectivity index (χ3v) is 2.12. The second kappa shape index (κ2) is 3.55. The fourth-order valence-electron chi connectivity index (χ4n) is 1.30. The zero-order valence-corrected chi connectivity index (χ0v) is 7.95. The van der Waals surface area contributed by atoms with Crippen molar-refractivity contribution < 1.29 is 17.7 Å². The van der Waals surface area contributed by atoms with E-state index in [0.29, 0.717) is 11.1 Å². The van der Waals surface area contributed by atoms with E-state index in [2.05, 4.69) is 9.68 Å². The summed E-state index contributed by atoms with van der Waals surface area (Å²) in [7, 11) is 0. The van der Waals surface area contributed by atoms with Gasteiger partial charge in [0.25, 0.3) is 0 Å². The number of nitrogens with two attached hydrogens (primary N) is 1. The highest BCUT2D eigenvalue weighted by atomic mass is 19.4. The molecule has 0 bridgehead atoms. The van der Waals surface area contributed by atoms with Gasteiger partial charge in [-0.1, -0.05) is 17.3 Å². The van der Waals surface area contributed by atoms with Gasteiger partial charge in [-0.15, -0.1) is 0 Å². The first-order chi connectivity index (χ1) is 7.48. The van der Waals surface area contributed by atoms with Crippen molar-refractivity contribution >= 4 is 5.88 Å². The first-order valence-electron chi connectivity index (χ1n) is 4.36. The normalized spacial score (nSPS) is 11.7. The molecule has 0 atom stereocenters.